The number of rotatable bonds is 7. The van der Waals surface area contributed by atoms with Crippen molar-refractivity contribution in [2.24, 2.45) is 5.92 Å². The van der Waals surface area contributed by atoms with E-state index >= 15 is 0 Å². The van der Waals surface area contributed by atoms with Crippen molar-refractivity contribution in [3.8, 4) is 0 Å². The van der Waals surface area contributed by atoms with Crippen LogP contribution < -0.4 is 10.6 Å². The van der Waals surface area contributed by atoms with Gasteiger partial charge in [0.15, 0.2) is 0 Å². The monoisotopic (exact) mass is 369 g/mol. The molecule has 3 N–H and O–H groups in total. The molecule has 2 aromatic rings. The van der Waals surface area contributed by atoms with Crippen LogP contribution in [0.2, 0.25) is 0 Å². The zero-order valence-electron chi connectivity index (χ0n) is 15.7. The van der Waals surface area contributed by atoms with Gasteiger partial charge in [0, 0.05) is 36.4 Å². The molecule has 2 heterocycles. The average molecular weight is 369 g/mol. The summed E-state index contributed by atoms with van der Waals surface area (Å²) < 4.78 is 5.41. The number of aromatic amines is 1. The number of hydrogen-bond acceptors (Lipinski definition) is 5. The summed E-state index contributed by atoms with van der Waals surface area (Å²) in [5.74, 6) is 0.0570. The van der Waals surface area contributed by atoms with Gasteiger partial charge in [0.2, 0.25) is 11.6 Å². The lowest BCUT2D eigenvalue weighted by Crippen LogP contribution is -2.68. The number of anilines is 1. The Hall–Kier alpha value is -2.18. The molecule has 27 heavy (non-hydrogen) atoms. The van der Waals surface area contributed by atoms with Crippen LogP contribution in [0, 0.1) is 5.92 Å². The number of para-hydroxylation sites is 1. The van der Waals surface area contributed by atoms with E-state index in [1.165, 1.54) is 0 Å². The van der Waals surface area contributed by atoms with Crippen LogP contribution in [-0.4, -0.2) is 47.9 Å². The quantitative estimate of drug-likeness (QED) is 0.654. The van der Waals surface area contributed by atoms with Crippen LogP contribution in [0.5, 0.6) is 0 Å². The minimum Gasteiger partial charge on any atom is -0.381 e. The van der Waals surface area contributed by atoms with E-state index in [9.17, 15) is 9.59 Å². The number of hydrogen-bond donors (Lipinski definition) is 3. The van der Waals surface area contributed by atoms with E-state index in [2.05, 4.69) is 22.5 Å². The Bertz CT molecular complexity index is 825. The molecule has 6 heteroatoms. The van der Waals surface area contributed by atoms with Gasteiger partial charge in [0.1, 0.15) is 12.1 Å². The minimum absolute atomic E-state index is 0.196. The van der Waals surface area contributed by atoms with Crippen molar-refractivity contribution in [1.29, 1.82) is 0 Å². The lowest BCUT2D eigenvalue weighted by Gasteiger charge is -2.37. The first-order valence-electron chi connectivity index (χ1n) is 9.88. The van der Waals surface area contributed by atoms with Crippen molar-refractivity contribution in [2.45, 2.75) is 50.7 Å². The maximum atomic E-state index is 12.1. The molecule has 1 aromatic heterocycles. The summed E-state index contributed by atoms with van der Waals surface area (Å²) in [6.45, 7) is 3.82. The Morgan fingerprint density at radius 2 is 1.89 bits per heavy atom. The molecular weight excluding hydrogens is 342 g/mol. The molecule has 0 amide bonds. The van der Waals surface area contributed by atoms with Gasteiger partial charge in [-0.3, -0.25) is 9.59 Å². The normalized spacial score (nSPS) is 24.8. The van der Waals surface area contributed by atoms with Crippen molar-refractivity contribution >= 4 is 28.2 Å². The van der Waals surface area contributed by atoms with E-state index in [1.807, 2.05) is 30.5 Å². The van der Waals surface area contributed by atoms with Crippen molar-refractivity contribution in [3.05, 3.63) is 30.5 Å². The number of carbonyl (C=O) groups is 2. The fourth-order valence-electron chi connectivity index (χ4n) is 4.10. The zero-order valence-corrected chi connectivity index (χ0v) is 15.7. The summed E-state index contributed by atoms with van der Waals surface area (Å²) in [6, 6.07) is 7.16. The predicted molar refractivity (Wildman–Crippen MR) is 105 cm³/mol. The van der Waals surface area contributed by atoms with Crippen LogP contribution >= 0.6 is 0 Å². The third-order valence-corrected chi connectivity index (χ3v) is 5.85. The van der Waals surface area contributed by atoms with Gasteiger partial charge in [0.05, 0.1) is 5.69 Å². The zero-order chi connectivity index (χ0) is 18.8. The SMILES string of the molecule is CC(CCC1CCOCC1)NC1C(=O)C(=O)C1Nc1c[nH]c2ccccc12. The van der Waals surface area contributed by atoms with E-state index < -0.39 is 12.1 Å². The van der Waals surface area contributed by atoms with Crippen LogP contribution in [0.1, 0.15) is 32.6 Å². The first kappa shape index (κ1) is 18.2. The molecule has 1 saturated heterocycles. The molecule has 2 fully saturated rings. The summed E-state index contributed by atoms with van der Waals surface area (Å²) in [4.78, 5) is 27.5. The molecule has 0 spiro atoms. The highest BCUT2D eigenvalue weighted by atomic mass is 16.5. The second kappa shape index (κ2) is 7.82. The first-order valence-corrected chi connectivity index (χ1v) is 9.88. The fourth-order valence-corrected chi connectivity index (χ4v) is 4.10. The Morgan fingerprint density at radius 1 is 1.15 bits per heavy atom. The van der Waals surface area contributed by atoms with Gasteiger partial charge < -0.3 is 20.4 Å². The number of fused-ring (bicyclic) bond motifs is 1. The molecule has 1 aromatic carbocycles. The number of ether oxygens (including phenoxy) is 1. The largest absolute Gasteiger partial charge is 0.381 e. The second-order valence-corrected chi connectivity index (χ2v) is 7.78. The van der Waals surface area contributed by atoms with Gasteiger partial charge in [0.25, 0.3) is 0 Å². The van der Waals surface area contributed by atoms with Gasteiger partial charge in [-0.1, -0.05) is 18.2 Å². The Kier molecular flexibility index (Phi) is 5.27. The topological polar surface area (TPSA) is 83.2 Å². The van der Waals surface area contributed by atoms with E-state index in [0.717, 1.165) is 55.5 Å². The lowest BCUT2D eigenvalue weighted by molar-refractivity contribution is -0.145. The molecule has 3 unspecified atom stereocenters. The summed E-state index contributed by atoms with van der Waals surface area (Å²) >= 11 is 0. The van der Waals surface area contributed by atoms with Gasteiger partial charge in [-0.25, -0.2) is 0 Å². The number of carbonyl (C=O) groups excluding carboxylic acids is 2. The van der Waals surface area contributed by atoms with E-state index in [4.69, 9.17) is 4.74 Å². The van der Waals surface area contributed by atoms with Crippen molar-refractivity contribution < 1.29 is 14.3 Å². The molecule has 144 valence electrons. The summed E-state index contributed by atoms with van der Waals surface area (Å²) in [5, 5.41) is 7.66. The number of aromatic nitrogens is 1. The smallest absolute Gasteiger partial charge is 0.224 e. The highest BCUT2D eigenvalue weighted by molar-refractivity contribution is 6.49. The van der Waals surface area contributed by atoms with Crippen molar-refractivity contribution in [1.82, 2.24) is 10.3 Å². The van der Waals surface area contributed by atoms with E-state index in [0.29, 0.717) is 5.92 Å². The molecule has 1 saturated carbocycles. The van der Waals surface area contributed by atoms with Crippen molar-refractivity contribution in [2.75, 3.05) is 18.5 Å². The number of H-pyrrole nitrogens is 1. The van der Waals surface area contributed by atoms with E-state index in [-0.39, 0.29) is 17.6 Å². The summed E-state index contributed by atoms with van der Waals surface area (Å²) in [6.07, 6.45) is 6.23. The van der Waals surface area contributed by atoms with Crippen LogP contribution in [-0.2, 0) is 14.3 Å². The van der Waals surface area contributed by atoms with Crippen LogP contribution in [0.15, 0.2) is 30.5 Å². The van der Waals surface area contributed by atoms with E-state index in [1.54, 1.807) is 0 Å². The Morgan fingerprint density at radius 3 is 2.70 bits per heavy atom. The van der Waals surface area contributed by atoms with Gasteiger partial charge >= 0.3 is 0 Å². The number of nitrogens with one attached hydrogen (secondary N) is 3. The molecule has 3 atom stereocenters. The molecule has 0 bridgehead atoms. The maximum Gasteiger partial charge on any atom is 0.224 e. The van der Waals surface area contributed by atoms with Crippen molar-refractivity contribution in [3.63, 3.8) is 0 Å². The van der Waals surface area contributed by atoms with Gasteiger partial charge in [-0.15, -0.1) is 0 Å². The number of benzene rings is 1. The predicted octanol–water partition coefficient (Wildman–Crippen LogP) is 2.65. The minimum atomic E-state index is -0.498. The number of ketones is 2. The molecule has 0 radical (unpaired) electrons. The highest BCUT2D eigenvalue weighted by Crippen LogP contribution is 2.27. The standard InChI is InChI=1S/C21H27N3O3/c1-13(6-7-14-8-10-27-11-9-14)23-18-19(21(26)20(18)25)24-17-12-22-16-5-3-2-4-15(16)17/h2-5,12-14,18-19,22-24H,6-11H2,1H3. The fraction of sp³-hybridized carbons (Fsp3) is 0.524. The third kappa shape index (κ3) is 3.77. The van der Waals surface area contributed by atoms with Gasteiger partial charge in [-0.2, -0.15) is 0 Å². The molecule has 1 aliphatic heterocycles. The summed E-state index contributed by atoms with van der Waals surface area (Å²) in [5.41, 5.74) is 1.87. The van der Waals surface area contributed by atoms with Crippen LogP contribution in [0.4, 0.5) is 5.69 Å². The molecular formula is C21H27N3O3. The van der Waals surface area contributed by atoms with Gasteiger partial charge in [-0.05, 0) is 44.6 Å². The Balaban J connectivity index is 1.35. The maximum absolute atomic E-state index is 12.1. The molecule has 1 aliphatic carbocycles. The average Bonchev–Trinajstić information content (AvgIpc) is 3.12. The molecule has 6 nitrogen and oxygen atoms in total. The first-order chi connectivity index (χ1) is 13.1. The Labute approximate surface area is 159 Å². The van der Waals surface area contributed by atoms with Crippen LogP contribution in [0.3, 0.4) is 0 Å². The third-order valence-electron chi connectivity index (χ3n) is 5.85. The molecule has 2 aliphatic rings. The molecule has 4 rings (SSSR count). The summed E-state index contributed by atoms with van der Waals surface area (Å²) in [7, 11) is 0. The second-order valence-electron chi connectivity index (χ2n) is 7.78. The number of Topliss-reactive ketones (excluding diaryl/α,β-unsaturated/α-hetero) is 2. The highest BCUT2D eigenvalue weighted by Gasteiger charge is 2.49. The van der Waals surface area contributed by atoms with Crippen LogP contribution in [0.25, 0.3) is 10.9 Å². The lowest BCUT2D eigenvalue weighted by atomic mass is 9.82.